The molecular formula is C19H18N2O2. The molecule has 0 radical (unpaired) electrons. The summed E-state index contributed by atoms with van der Waals surface area (Å²) in [5.41, 5.74) is 2.00. The van der Waals surface area contributed by atoms with E-state index in [4.69, 9.17) is 0 Å². The van der Waals surface area contributed by atoms with Crippen molar-refractivity contribution in [3.05, 3.63) is 47.7 Å². The third-order valence-electron chi connectivity index (χ3n) is 4.43. The standard InChI is InChI=1S/C19H18N2O2/c1-12-18(14-8-4-5-9-16(14)21-12)19(23)15(11-20)17(22)10-13-6-2-3-7-13/h2,4-6,8-9,13,15,21H,3,7,10H2,1H3/t13-,15+/m0/s1. The first kappa shape index (κ1) is 15.2. The highest BCUT2D eigenvalue weighted by atomic mass is 16.1. The Morgan fingerprint density at radius 1 is 1.39 bits per heavy atom. The number of aromatic amines is 1. The molecule has 4 nitrogen and oxygen atoms in total. The van der Waals surface area contributed by atoms with Gasteiger partial charge >= 0.3 is 0 Å². The topological polar surface area (TPSA) is 73.7 Å². The maximum absolute atomic E-state index is 12.8. The molecule has 1 aliphatic carbocycles. The molecule has 0 spiro atoms. The van der Waals surface area contributed by atoms with Gasteiger partial charge < -0.3 is 4.98 Å². The van der Waals surface area contributed by atoms with Crippen molar-refractivity contribution in [3.63, 3.8) is 0 Å². The number of aromatic nitrogens is 1. The molecule has 2 atom stereocenters. The van der Waals surface area contributed by atoms with Gasteiger partial charge in [-0.3, -0.25) is 9.59 Å². The van der Waals surface area contributed by atoms with Gasteiger partial charge in [0.1, 0.15) is 0 Å². The number of hydrogen-bond donors (Lipinski definition) is 1. The van der Waals surface area contributed by atoms with E-state index < -0.39 is 11.7 Å². The van der Waals surface area contributed by atoms with Gasteiger partial charge in [0.25, 0.3) is 0 Å². The fourth-order valence-electron chi connectivity index (χ4n) is 3.26. The number of H-pyrrole nitrogens is 1. The first-order valence-corrected chi connectivity index (χ1v) is 7.82. The minimum atomic E-state index is -1.22. The minimum absolute atomic E-state index is 0.162. The highest BCUT2D eigenvalue weighted by molar-refractivity contribution is 6.18. The third-order valence-corrected chi connectivity index (χ3v) is 4.43. The minimum Gasteiger partial charge on any atom is -0.358 e. The lowest BCUT2D eigenvalue weighted by atomic mass is 9.88. The summed E-state index contributed by atoms with van der Waals surface area (Å²) < 4.78 is 0. The Labute approximate surface area is 134 Å². The van der Waals surface area contributed by atoms with E-state index in [-0.39, 0.29) is 18.1 Å². The molecule has 2 aromatic rings. The predicted molar refractivity (Wildman–Crippen MR) is 88.0 cm³/mol. The number of rotatable bonds is 5. The highest BCUT2D eigenvalue weighted by Gasteiger charge is 2.31. The molecule has 0 fully saturated rings. The zero-order chi connectivity index (χ0) is 16.4. The van der Waals surface area contributed by atoms with Crippen LogP contribution in [0.4, 0.5) is 0 Å². The van der Waals surface area contributed by atoms with Gasteiger partial charge in [0.05, 0.1) is 6.07 Å². The van der Waals surface area contributed by atoms with Crippen LogP contribution in [0.5, 0.6) is 0 Å². The summed E-state index contributed by atoms with van der Waals surface area (Å²) in [7, 11) is 0. The lowest BCUT2D eigenvalue weighted by molar-refractivity contribution is -0.120. The van der Waals surface area contributed by atoms with E-state index in [1.807, 2.05) is 42.5 Å². The normalized spacial score (nSPS) is 18.0. The number of ketones is 2. The van der Waals surface area contributed by atoms with E-state index >= 15 is 0 Å². The number of allylic oxidation sites excluding steroid dienone is 2. The van der Waals surface area contributed by atoms with E-state index in [1.165, 1.54) is 0 Å². The van der Waals surface area contributed by atoms with Gasteiger partial charge in [0, 0.05) is 28.6 Å². The fraction of sp³-hybridized carbons (Fsp3) is 0.316. The number of nitriles is 1. The quantitative estimate of drug-likeness (QED) is 0.519. The van der Waals surface area contributed by atoms with Gasteiger partial charge in [-0.1, -0.05) is 30.4 Å². The van der Waals surface area contributed by atoms with Gasteiger partial charge in [0.15, 0.2) is 17.5 Å². The van der Waals surface area contributed by atoms with Crippen LogP contribution in [-0.4, -0.2) is 16.6 Å². The van der Waals surface area contributed by atoms with Crippen molar-refractivity contribution in [2.75, 3.05) is 0 Å². The monoisotopic (exact) mass is 306 g/mol. The van der Waals surface area contributed by atoms with Crippen LogP contribution in [-0.2, 0) is 4.79 Å². The summed E-state index contributed by atoms with van der Waals surface area (Å²) in [6.45, 7) is 1.80. The highest BCUT2D eigenvalue weighted by Crippen LogP contribution is 2.27. The number of benzene rings is 1. The number of hydrogen-bond acceptors (Lipinski definition) is 3. The van der Waals surface area contributed by atoms with Crippen molar-refractivity contribution in [1.29, 1.82) is 5.26 Å². The van der Waals surface area contributed by atoms with Crippen molar-refractivity contribution in [1.82, 2.24) is 4.98 Å². The maximum atomic E-state index is 12.8. The second-order valence-electron chi connectivity index (χ2n) is 6.03. The predicted octanol–water partition coefficient (Wildman–Crippen LogP) is 3.72. The van der Waals surface area contributed by atoms with Crippen LogP contribution in [0.25, 0.3) is 10.9 Å². The smallest absolute Gasteiger partial charge is 0.189 e. The molecule has 0 aliphatic heterocycles. The first-order chi connectivity index (χ1) is 11.1. The molecule has 1 N–H and O–H groups in total. The zero-order valence-corrected chi connectivity index (χ0v) is 13.0. The molecule has 1 aliphatic rings. The fourth-order valence-corrected chi connectivity index (χ4v) is 3.26. The number of Topliss-reactive ketones (excluding diaryl/α,β-unsaturated/α-hetero) is 2. The van der Waals surface area contributed by atoms with Gasteiger partial charge in [-0.25, -0.2) is 0 Å². The van der Waals surface area contributed by atoms with E-state index in [2.05, 4.69) is 4.98 Å². The molecule has 0 amide bonds. The first-order valence-electron chi connectivity index (χ1n) is 7.82. The summed E-state index contributed by atoms with van der Waals surface area (Å²) >= 11 is 0. The van der Waals surface area contributed by atoms with Crippen LogP contribution in [0.2, 0.25) is 0 Å². The Bertz CT molecular complexity index is 839. The van der Waals surface area contributed by atoms with Gasteiger partial charge in [-0.05, 0) is 31.7 Å². The number of nitrogens with one attached hydrogen (secondary N) is 1. The molecule has 116 valence electrons. The van der Waals surface area contributed by atoms with Crippen molar-refractivity contribution in [2.45, 2.75) is 26.2 Å². The molecule has 1 aromatic carbocycles. The molecule has 3 rings (SSSR count). The Morgan fingerprint density at radius 3 is 2.87 bits per heavy atom. The zero-order valence-electron chi connectivity index (χ0n) is 13.0. The number of para-hydroxylation sites is 1. The van der Waals surface area contributed by atoms with E-state index in [0.29, 0.717) is 11.3 Å². The summed E-state index contributed by atoms with van der Waals surface area (Å²) in [5, 5.41) is 10.2. The van der Waals surface area contributed by atoms with E-state index in [0.717, 1.165) is 23.7 Å². The SMILES string of the molecule is Cc1[nH]c2ccccc2c1C(=O)[C@H](C#N)C(=O)C[C@H]1C=CCC1. The van der Waals surface area contributed by atoms with Crippen molar-refractivity contribution < 1.29 is 9.59 Å². The molecular weight excluding hydrogens is 288 g/mol. The van der Waals surface area contributed by atoms with Gasteiger partial charge in [-0.15, -0.1) is 0 Å². The molecule has 0 saturated heterocycles. The number of fused-ring (bicyclic) bond motifs is 1. The largest absolute Gasteiger partial charge is 0.358 e. The van der Waals surface area contributed by atoms with Crippen LogP contribution in [0, 0.1) is 30.1 Å². The number of nitrogens with zero attached hydrogens (tertiary/aromatic N) is 1. The number of carbonyl (C=O) groups is 2. The Balaban J connectivity index is 1.90. The second-order valence-corrected chi connectivity index (χ2v) is 6.03. The van der Waals surface area contributed by atoms with Crippen LogP contribution in [0.1, 0.15) is 35.3 Å². The molecule has 23 heavy (non-hydrogen) atoms. The maximum Gasteiger partial charge on any atom is 0.189 e. The van der Waals surface area contributed by atoms with Crippen LogP contribution in [0.15, 0.2) is 36.4 Å². The molecule has 0 unspecified atom stereocenters. The number of aryl methyl sites for hydroxylation is 1. The third kappa shape index (κ3) is 2.83. The van der Waals surface area contributed by atoms with E-state index in [1.54, 1.807) is 6.92 Å². The number of carbonyl (C=O) groups excluding carboxylic acids is 2. The molecule has 1 aromatic heterocycles. The second kappa shape index (κ2) is 6.21. The van der Waals surface area contributed by atoms with Gasteiger partial charge in [0.2, 0.25) is 0 Å². The van der Waals surface area contributed by atoms with Crippen molar-refractivity contribution in [3.8, 4) is 6.07 Å². The molecule has 1 heterocycles. The van der Waals surface area contributed by atoms with Crippen molar-refractivity contribution >= 4 is 22.5 Å². The Hall–Kier alpha value is -2.67. The molecule has 0 saturated carbocycles. The summed E-state index contributed by atoms with van der Waals surface area (Å²) in [5.74, 6) is -1.73. The van der Waals surface area contributed by atoms with Gasteiger partial charge in [-0.2, -0.15) is 5.26 Å². The molecule has 4 heteroatoms. The van der Waals surface area contributed by atoms with Crippen LogP contribution < -0.4 is 0 Å². The summed E-state index contributed by atoms with van der Waals surface area (Å²) in [6, 6.07) is 9.36. The van der Waals surface area contributed by atoms with Crippen molar-refractivity contribution in [2.24, 2.45) is 11.8 Å². The van der Waals surface area contributed by atoms with Crippen LogP contribution in [0.3, 0.4) is 0 Å². The Kier molecular flexibility index (Phi) is 4.12. The summed E-state index contributed by atoms with van der Waals surface area (Å²) in [4.78, 5) is 28.4. The molecule has 0 bridgehead atoms. The summed E-state index contributed by atoms with van der Waals surface area (Å²) in [6.07, 6.45) is 6.20. The van der Waals surface area contributed by atoms with E-state index in [9.17, 15) is 14.9 Å². The lowest BCUT2D eigenvalue weighted by Gasteiger charge is -2.11. The van der Waals surface area contributed by atoms with Crippen LogP contribution >= 0.6 is 0 Å². The Morgan fingerprint density at radius 2 is 2.17 bits per heavy atom. The average molecular weight is 306 g/mol. The lowest BCUT2D eigenvalue weighted by Crippen LogP contribution is -2.24. The average Bonchev–Trinajstić information content (AvgIpc) is 3.14.